The molecule has 0 atom stereocenters. The molecule has 0 N–H and O–H groups in total. The quantitative estimate of drug-likeness (QED) is 0.532. The van der Waals surface area contributed by atoms with Gasteiger partial charge >= 0.3 is 0 Å². The molecule has 1 aliphatic carbocycles. The van der Waals surface area contributed by atoms with Crippen LogP contribution in [0.4, 0.5) is 0 Å². The fourth-order valence-corrected chi connectivity index (χ4v) is 2.53. The highest BCUT2D eigenvalue weighted by molar-refractivity contribution is 6.76. The van der Waals surface area contributed by atoms with Crippen molar-refractivity contribution in [1.82, 2.24) is 0 Å². The molecule has 1 radical (unpaired) electrons. The minimum absolute atomic E-state index is 0.873. The third-order valence-corrected chi connectivity index (χ3v) is 2.93. The zero-order valence-electron chi connectivity index (χ0n) is 7.07. The van der Waals surface area contributed by atoms with Gasteiger partial charge in [-0.15, -0.1) is 0 Å². The van der Waals surface area contributed by atoms with E-state index in [4.69, 9.17) is 0 Å². The van der Waals surface area contributed by atoms with Crippen LogP contribution in [0.2, 0.25) is 25.7 Å². The molecular formula is C9H15Si. The fourth-order valence-electron chi connectivity index (χ4n) is 1.14. The molecule has 55 valence electrons. The molecule has 0 amide bonds. The lowest BCUT2D eigenvalue weighted by molar-refractivity contribution is 1.33. The average molecular weight is 151 g/mol. The van der Waals surface area contributed by atoms with Gasteiger partial charge in [-0.05, 0) is 24.1 Å². The van der Waals surface area contributed by atoms with Crippen LogP contribution < -0.4 is 0 Å². The van der Waals surface area contributed by atoms with E-state index in [0.717, 1.165) is 6.42 Å². The van der Waals surface area contributed by atoms with Gasteiger partial charge in [0, 0.05) is 8.07 Å². The van der Waals surface area contributed by atoms with Gasteiger partial charge in [-0.1, -0.05) is 31.8 Å². The maximum atomic E-state index is 3.35. The fraction of sp³-hybridized carbons (Fsp3) is 0.556. The van der Waals surface area contributed by atoms with E-state index in [1.54, 1.807) is 0 Å². The summed E-state index contributed by atoms with van der Waals surface area (Å²) in [5.41, 5.74) is 1.44. The van der Waals surface area contributed by atoms with Crippen LogP contribution in [0, 0.1) is 6.08 Å². The molecule has 0 aromatic heterocycles. The molecule has 0 aliphatic heterocycles. The van der Waals surface area contributed by atoms with Crippen LogP contribution in [0.5, 0.6) is 0 Å². The first-order valence-electron chi connectivity index (χ1n) is 3.84. The summed E-state index contributed by atoms with van der Waals surface area (Å²) in [5, 5.41) is 0. The lowest BCUT2D eigenvalue weighted by Gasteiger charge is -2.14. The van der Waals surface area contributed by atoms with E-state index in [1.165, 1.54) is 11.6 Å². The lowest BCUT2D eigenvalue weighted by Crippen LogP contribution is -2.19. The van der Waals surface area contributed by atoms with Crippen LogP contribution in [0.25, 0.3) is 0 Å². The molecule has 0 heterocycles. The predicted octanol–water partition coefficient (Wildman–Crippen LogP) is 3.01. The first kappa shape index (κ1) is 7.80. The Morgan fingerprint density at radius 3 is 2.60 bits per heavy atom. The summed E-state index contributed by atoms with van der Waals surface area (Å²) in [7, 11) is -0.873. The van der Waals surface area contributed by atoms with Crippen LogP contribution in [0.3, 0.4) is 0 Å². The maximum absolute atomic E-state index is 3.35. The Morgan fingerprint density at radius 2 is 2.20 bits per heavy atom. The molecule has 1 rings (SSSR count). The molecule has 0 bridgehead atoms. The first-order valence-corrected chi connectivity index (χ1v) is 7.55. The molecule has 1 heteroatoms. The minimum Gasteiger partial charge on any atom is -0.0798 e. The number of hydrogen-bond acceptors (Lipinski definition) is 0. The van der Waals surface area contributed by atoms with E-state index in [2.05, 4.69) is 37.9 Å². The van der Waals surface area contributed by atoms with Gasteiger partial charge in [0.1, 0.15) is 0 Å². The van der Waals surface area contributed by atoms with Gasteiger partial charge in [-0.2, -0.15) is 0 Å². The standard InChI is InChI=1S/C9H15Si/c1-10(2,3)8-9-6-4-5-7-9/h4,6H,5,8H2,1-3H3. The molecular weight excluding hydrogens is 136 g/mol. The smallest absolute Gasteiger partial charge is 0.0487 e. The average Bonchev–Trinajstić information content (AvgIpc) is 2.12. The molecule has 0 aromatic rings. The van der Waals surface area contributed by atoms with Crippen molar-refractivity contribution in [2.75, 3.05) is 0 Å². The maximum Gasteiger partial charge on any atom is 0.0487 e. The van der Waals surface area contributed by atoms with Crippen molar-refractivity contribution in [2.45, 2.75) is 32.1 Å². The van der Waals surface area contributed by atoms with Crippen LogP contribution in [-0.4, -0.2) is 8.07 Å². The van der Waals surface area contributed by atoms with E-state index in [0.29, 0.717) is 0 Å². The Balaban J connectivity index is 2.46. The Kier molecular flexibility index (Phi) is 2.14. The molecule has 0 saturated carbocycles. The van der Waals surface area contributed by atoms with E-state index in [-0.39, 0.29) is 0 Å². The van der Waals surface area contributed by atoms with E-state index < -0.39 is 8.07 Å². The zero-order valence-corrected chi connectivity index (χ0v) is 8.07. The summed E-state index contributed by atoms with van der Waals surface area (Å²) in [6.45, 7) is 7.19. The van der Waals surface area contributed by atoms with Gasteiger partial charge in [-0.3, -0.25) is 0 Å². The van der Waals surface area contributed by atoms with Crippen LogP contribution in [0.1, 0.15) is 6.42 Å². The second-order valence-corrected chi connectivity index (χ2v) is 9.52. The Morgan fingerprint density at radius 1 is 1.50 bits per heavy atom. The SMILES string of the molecule is C[Si](C)(C)CC1=[C]CC=C1. The molecule has 1 aliphatic rings. The molecule has 0 nitrogen and oxygen atoms in total. The van der Waals surface area contributed by atoms with Gasteiger partial charge in [0.15, 0.2) is 0 Å². The molecule has 0 spiro atoms. The van der Waals surface area contributed by atoms with Gasteiger partial charge in [0.05, 0.1) is 0 Å². The predicted molar refractivity (Wildman–Crippen MR) is 48.7 cm³/mol. The van der Waals surface area contributed by atoms with Crippen LogP contribution in [-0.2, 0) is 0 Å². The van der Waals surface area contributed by atoms with Gasteiger partial charge in [-0.25, -0.2) is 0 Å². The zero-order chi connectivity index (χ0) is 7.61. The second-order valence-electron chi connectivity index (χ2n) is 4.05. The highest BCUT2D eigenvalue weighted by atomic mass is 28.3. The normalized spacial score (nSPS) is 17.7. The third-order valence-electron chi connectivity index (χ3n) is 1.49. The van der Waals surface area contributed by atoms with Crippen molar-refractivity contribution in [3.63, 3.8) is 0 Å². The van der Waals surface area contributed by atoms with E-state index >= 15 is 0 Å². The van der Waals surface area contributed by atoms with Crippen LogP contribution >= 0.6 is 0 Å². The van der Waals surface area contributed by atoms with Crippen molar-refractivity contribution >= 4 is 8.07 Å². The largest absolute Gasteiger partial charge is 0.0798 e. The summed E-state index contributed by atoms with van der Waals surface area (Å²) >= 11 is 0. The Labute approximate surface area is 64.7 Å². The second kappa shape index (κ2) is 2.75. The highest BCUT2D eigenvalue weighted by Crippen LogP contribution is 2.20. The molecule has 0 fully saturated rings. The monoisotopic (exact) mass is 151 g/mol. The summed E-state index contributed by atoms with van der Waals surface area (Å²) in [4.78, 5) is 0. The van der Waals surface area contributed by atoms with E-state index in [9.17, 15) is 0 Å². The van der Waals surface area contributed by atoms with Crippen molar-refractivity contribution in [3.05, 3.63) is 23.8 Å². The summed E-state index contributed by atoms with van der Waals surface area (Å²) in [5.74, 6) is 0. The summed E-state index contributed by atoms with van der Waals surface area (Å²) in [6, 6.07) is 1.30. The minimum atomic E-state index is -0.873. The molecule has 10 heavy (non-hydrogen) atoms. The van der Waals surface area contributed by atoms with E-state index in [1.807, 2.05) is 0 Å². The Bertz CT molecular complexity index is 170. The highest BCUT2D eigenvalue weighted by Gasteiger charge is 2.14. The number of rotatable bonds is 2. The van der Waals surface area contributed by atoms with Gasteiger partial charge < -0.3 is 0 Å². The number of hydrogen-bond donors (Lipinski definition) is 0. The summed E-state index contributed by atoms with van der Waals surface area (Å²) in [6.07, 6.45) is 8.81. The van der Waals surface area contributed by atoms with Crippen molar-refractivity contribution < 1.29 is 0 Å². The topological polar surface area (TPSA) is 0 Å². The third kappa shape index (κ3) is 2.52. The molecule has 0 saturated heterocycles. The van der Waals surface area contributed by atoms with Crippen molar-refractivity contribution in [3.8, 4) is 0 Å². The first-order chi connectivity index (χ1) is 4.58. The van der Waals surface area contributed by atoms with Crippen LogP contribution in [0.15, 0.2) is 17.7 Å². The van der Waals surface area contributed by atoms with Gasteiger partial charge in [0.2, 0.25) is 0 Å². The molecule has 0 aromatic carbocycles. The Hall–Kier alpha value is -0.303. The van der Waals surface area contributed by atoms with Crippen molar-refractivity contribution in [1.29, 1.82) is 0 Å². The number of allylic oxidation sites excluding steroid dienone is 4. The molecule has 0 unspecified atom stereocenters. The lowest BCUT2D eigenvalue weighted by atomic mass is 10.3. The summed E-state index contributed by atoms with van der Waals surface area (Å²) < 4.78 is 0. The van der Waals surface area contributed by atoms with Crippen molar-refractivity contribution in [2.24, 2.45) is 0 Å². The van der Waals surface area contributed by atoms with Gasteiger partial charge in [0.25, 0.3) is 0 Å².